The van der Waals surface area contributed by atoms with Crippen molar-refractivity contribution in [2.75, 3.05) is 20.1 Å². The highest BCUT2D eigenvalue weighted by atomic mass is 15.3. The molecule has 0 aromatic heterocycles. The second-order valence-corrected chi connectivity index (χ2v) is 5.63. The minimum atomic E-state index is 0.391. The fourth-order valence-electron chi connectivity index (χ4n) is 3.48. The molecule has 2 aliphatic rings. The zero-order chi connectivity index (χ0) is 10.9. The van der Waals surface area contributed by atoms with Crippen LogP contribution in [0.3, 0.4) is 0 Å². The lowest BCUT2D eigenvalue weighted by molar-refractivity contribution is 0.0255. The summed E-state index contributed by atoms with van der Waals surface area (Å²) in [4.78, 5) is 2.66. The van der Waals surface area contributed by atoms with Crippen LogP contribution in [-0.2, 0) is 0 Å². The van der Waals surface area contributed by atoms with Gasteiger partial charge in [-0.25, -0.2) is 0 Å². The molecule has 1 saturated carbocycles. The van der Waals surface area contributed by atoms with Crippen LogP contribution in [0, 0.1) is 0 Å². The van der Waals surface area contributed by atoms with Crippen molar-refractivity contribution in [3.05, 3.63) is 0 Å². The molecule has 0 aromatic rings. The molecule has 88 valence electrons. The van der Waals surface area contributed by atoms with E-state index in [1.807, 2.05) is 0 Å². The topological polar surface area (TPSA) is 15.3 Å². The molecule has 0 aromatic carbocycles. The highest BCUT2D eigenvalue weighted by Gasteiger charge is 2.45. The minimum absolute atomic E-state index is 0.391. The third-order valence-corrected chi connectivity index (χ3v) is 5.03. The van der Waals surface area contributed by atoms with Crippen molar-refractivity contribution in [3.63, 3.8) is 0 Å². The Balaban J connectivity index is 2.08. The first-order chi connectivity index (χ1) is 7.16. The molecule has 0 amide bonds. The quantitative estimate of drug-likeness (QED) is 0.753. The Morgan fingerprint density at radius 1 is 1.13 bits per heavy atom. The van der Waals surface area contributed by atoms with E-state index < -0.39 is 0 Å². The van der Waals surface area contributed by atoms with Crippen LogP contribution in [-0.4, -0.2) is 36.1 Å². The molecule has 2 heteroatoms. The van der Waals surface area contributed by atoms with Gasteiger partial charge in [0.25, 0.3) is 0 Å². The Morgan fingerprint density at radius 3 is 2.20 bits per heavy atom. The molecule has 0 bridgehead atoms. The molecule has 1 aliphatic carbocycles. The van der Waals surface area contributed by atoms with Gasteiger partial charge < -0.3 is 5.32 Å². The summed E-state index contributed by atoms with van der Waals surface area (Å²) in [5, 5.41) is 3.85. The summed E-state index contributed by atoms with van der Waals surface area (Å²) in [5.74, 6) is 0. The second kappa shape index (κ2) is 4.06. The Morgan fingerprint density at radius 2 is 1.73 bits per heavy atom. The van der Waals surface area contributed by atoms with Gasteiger partial charge in [0.2, 0.25) is 0 Å². The number of hydrogen-bond donors (Lipinski definition) is 1. The van der Waals surface area contributed by atoms with Crippen molar-refractivity contribution < 1.29 is 0 Å². The largest absolute Gasteiger partial charge is 0.308 e. The molecule has 1 N–H and O–H groups in total. The van der Waals surface area contributed by atoms with Crippen molar-refractivity contribution in [1.29, 1.82) is 0 Å². The van der Waals surface area contributed by atoms with Crippen LogP contribution in [0.4, 0.5) is 0 Å². The van der Waals surface area contributed by atoms with Crippen LogP contribution in [0.1, 0.15) is 52.4 Å². The molecule has 0 atom stereocenters. The van der Waals surface area contributed by atoms with Crippen molar-refractivity contribution >= 4 is 0 Å². The maximum absolute atomic E-state index is 3.85. The van der Waals surface area contributed by atoms with Crippen molar-refractivity contribution in [2.45, 2.75) is 63.5 Å². The van der Waals surface area contributed by atoms with Crippen LogP contribution >= 0.6 is 0 Å². The lowest BCUT2D eigenvalue weighted by atomic mass is 9.83. The van der Waals surface area contributed by atoms with E-state index in [4.69, 9.17) is 0 Å². The van der Waals surface area contributed by atoms with Gasteiger partial charge in [0, 0.05) is 24.2 Å². The second-order valence-electron chi connectivity index (χ2n) is 5.63. The number of piperazine rings is 1. The summed E-state index contributed by atoms with van der Waals surface area (Å²) in [7, 11) is 2.34. The number of nitrogens with one attached hydrogen (secondary N) is 1. The summed E-state index contributed by atoms with van der Waals surface area (Å²) in [5.41, 5.74) is 0.899. The fraction of sp³-hybridized carbons (Fsp3) is 1.00. The van der Waals surface area contributed by atoms with E-state index in [9.17, 15) is 0 Å². The zero-order valence-electron chi connectivity index (χ0n) is 10.6. The molecular formula is C13H26N2. The normalized spacial score (nSPS) is 29.8. The van der Waals surface area contributed by atoms with Gasteiger partial charge in [0.1, 0.15) is 0 Å². The van der Waals surface area contributed by atoms with Crippen molar-refractivity contribution in [1.82, 2.24) is 10.2 Å². The predicted octanol–water partition coefficient (Wildman–Crippen LogP) is 2.39. The Kier molecular flexibility index (Phi) is 3.09. The monoisotopic (exact) mass is 210 g/mol. The molecule has 1 spiro atoms. The van der Waals surface area contributed by atoms with Gasteiger partial charge in [-0.15, -0.1) is 0 Å². The van der Waals surface area contributed by atoms with Crippen LogP contribution in [0.5, 0.6) is 0 Å². The van der Waals surface area contributed by atoms with Crippen LogP contribution in [0.2, 0.25) is 0 Å². The molecule has 2 fully saturated rings. The first-order valence-corrected chi connectivity index (χ1v) is 6.63. The van der Waals surface area contributed by atoms with Gasteiger partial charge >= 0.3 is 0 Å². The van der Waals surface area contributed by atoms with Crippen molar-refractivity contribution in [2.24, 2.45) is 0 Å². The lowest BCUT2D eigenvalue weighted by Gasteiger charge is -2.52. The molecule has 1 heterocycles. The van der Waals surface area contributed by atoms with Crippen LogP contribution < -0.4 is 5.32 Å². The maximum atomic E-state index is 3.85. The highest BCUT2D eigenvalue weighted by molar-refractivity contribution is 5.05. The average molecular weight is 210 g/mol. The number of rotatable bonds is 2. The summed E-state index contributed by atoms with van der Waals surface area (Å²) >= 11 is 0. The molecule has 15 heavy (non-hydrogen) atoms. The van der Waals surface area contributed by atoms with E-state index in [1.165, 1.54) is 51.6 Å². The molecular weight excluding hydrogens is 184 g/mol. The number of nitrogens with zero attached hydrogens (tertiary/aromatic N) is 1. The van der Waals surface area contributed by atoms with E-state index in [0.717, 1.165) is 0 Å². The highest BCUT2D eigenvalue weighted by Crippen LogP contribution is 2.38. The molecule has 2 rings (SSSR count). The first kappa shape index (κ1) is 11.4. The molecule has 2 nitrogen and oxygen atoms in total. The predicted molar refractivity (Wildman–Crippen MR) is 65.1 cm³/mol. The SMILES string of the molecule is CCC1(CC)CN(C)C2(CCCC2)CN1. The summed E-state index contributed by atoms with van der Waals surface area (Å²) in [6.07, 6.45) is 8.17. The van der Waals surface area contributed by atoms with Gasteiger partial charge in [0.05, 0.1) is 0 Å². The Hall–Kier alpha value is -0.0800. The Bertz CT molecular complexity index is 215. The standard InChI is InChI=1S/C13H26N2/c1-4-12(5-2)11-15(3)13(10-14-12)8-6-7-9-13/h14H,4-11H2,1-3H3. The van der Waals surface area contributed by atoms with Gasteiger partial charge in [-0.2, -0.15) is 0 Å². The number of likely N-dealkylation sites (N-methyl/N-ethyl adjacent to an activating group) is 1. The van der Waals surface area contributed by atoms with E-state index in [1.54, 1.807) is 0 Å². The maximum Gasteiger partial charge on any atom is 0.0331 e. The smallest absolute Gasteiger partial charge is 0.0331 e. The van der Waals surface area contributed by atoms with Crippen LogP contribution in [0.25, 0.3) is 0 Å². The summed E-state index contributed by atoms with van der Waals surface area (Å²) in [6.45, 7) is 7.08. The molecule has 0 unspecified atom stereocenters. The van der Waals surface area contributed by atoms with Gasteiger partial charge in [-0.1, -0.05) is 26.7 Å². The fourth-order valence-corrected chi connectivity index (χ4v) is 3.48. The zero-order valence-corrected chi connectivity index (χ0v) is 10.6. The molecule has 1 aliphatic heterocycles. The Labute approximate surface area is 94.4 Å². The van der Waals surface area contributed by atoms with E-state index >= 15 is 0 Å². The summed E-state index contributed by atoms with van der Waals surface area (Å²) < 4.78 is 0. The van der Waals surface area contributed by atoms with E-state index in [2.05, 4.69) is 31.1 Å². The van der Waals surface area contributed by atoms with E-state index in [-0.39, 0.29) is 0 Å². The number of hydrogen-bond acceptors (Lipinski definition) is 2. The van der Waals surface area contributed by atoms with Gasteiger partial charge in [-0.05, 0) is 32.7 Å². The minimum Gasteiger partial charge on any atom is -0.308 e. The third-order valence-electron chi connectivity index (χ3n) is 5.03. The molecule has 0 radical (unpaired) electrons. The van der Waals surface area contributed by atoms with Crippen molar-refractivity contribution in [3.8, 4) is 0 Å². The lowest BCUT2D eigenvalue weighted by Crippen LogP contribution is -2.67. The molecule has 1 saturated heterocycles. The third kappa shape index (κ3) is 1.83. The van der Waals surface area contributed by atoms with E-state index in [0.29, 0.717) is 11.1 Å². The van der Waals surface area contributed by atoms with Gasteiger partial charge in [-0.3, -0.25) is 4.90 Å². The van der Waals surface area contributed by atoms with Crippen LogP contribution in [0.15, 0.2) is 0 Å². The summed E-state index contributed by atoms with van der Waals surface area (Å²) in [6, 6.07) is 0. The van der Waals surface area contributed by atoms with Gasteiger partial charge in [0.15, 0.2) is 0 Å². The first-order valence-electron chi connectivity index (χ1n) is 6.63. The average Bonchev–Trinajstić information content (AvgIpc) is 2.73.